The summed E-state index contributed by atoms with van der Waals surface area (Å²) in [5.74, 6) is -1.82. The Balaban J connectivity index is 2.05. The van der Waals surface area contributed by atoms with Crippen molar-refractivity contribution >= 4 is 48.4 Å². The van der Waals surface area contributed by atoms with E-state index in [-0.39, 0.29) is 16.1 Å². The van der Waals surface area contributed by atoms with Crippen molar-refractivity contribution < 1.29 is 23.4 Å². The number of rotatable bonds is 4. The van der Waals surface area contributed by atoms with Crippen LogP contribution in [-0.4, -0.2) is 24.6 Å². The van der Waals surface area contributed by atoms with Crippen molar-refractivity contribution in [1.29, 1.82) is 0 Å². The SMILES string of the molecule is O=C(O)c1ccc(NS(=O)(=O)c2ccc(Br)c3ccccc23)cc1O. The Bertz CT molecular complexity index is 1100. The third kappa shape index (κ3) is 3.31. The topological polar surface area (TPSA) is 104 Å². The van der Waals surface area contributed by atoms with Crippen molar-refractivity contribution in [2.45, 2.75) is 4.90 Å². The van der Waals surface area contributed by atoms with Crippen LogP contribution in [0.15, 0.2) is 64.0 Å². The highest BCUT2D eigenvalue weighted by Gasteiger charge is 2.19. The molecule has 6 nitrogen and oxygen atoms in total. The smallest absolute Gasteiger partial charge is 0.339 e. The van der Waals surface area contributed by atoms with Crippen LogP contribution in [0.4, 0.5) is 5.69 Å². The molecule has 3 rings (SSSR count). The molecule has 0 aliphatic heterocycles. The van der Waals surface area contributed by atoms with Crippen LogP contribution in [0, 0.1) is 0 Å². The van der Waals surface area contributed by atoms with Gasteiger partial charge in [-0.05, 0) is 29.7 Å². The van der Waals surface area contributed by atoms with Gasteiger partial charge in [0.25, 0.3) is 10.0 Å². The van der Waals surface area contributed by atoms with Crippen LogP contribution < -0.4 is 4.72 Å². The molecule has 0 bridgehead atoms. The van der Waals surface area contributed by atoms with Crippen molar-refractivity contribution in [2.24, 2.45) is 0 Å². The zero-order valence-corrected chi connectivity index (χ0v) is 15.0. The molecule has 0 saturated heterocycles. The number of fused-ring (bicyclic) bond motifs is 1. The zero-order valence-electron chi connectivity index (χ0n) is 12.6. The molecule has 128 valence electrons. The third-order valence-electron chi connectivity index (χ3n) is 3.60. The third-order valence-corrected chi connectivity index (χ3v) is 5.73. The maximum absolute atomic E-state index is 12.7. The Morgan fingerprint density at radius 2 is 1.68 bits per heavy atom. The lowest BCUT2D eigenvalue weighted by Crippen LogP contribution is -2.13. The fourth-order valence-electron chi connectivity index (χ4n) is 2.46. The van der Waals surface area contributed by atoms with E-state index in [2.05, 4.69) is 20.7 Å². The highest BCUT2D eigenvalue weighted by molar-refractivity contribution is 9.10. The molecule has 0 aliphatic rings. The number of carboxylic acids is 1. The first kappa shape index (κ1) is 17.2. The molecular weight excluding hydrogens is 410 g/mol. The summed E-state index contributed by atoms with van der Waals surface area (Å²) in [7, 11) is -3.94. The van der Waals surface area contributed by atoms with Crippen molar-refractivity contribution in [3.8, 4) is 5.75 Å². The van der Waals surface area contributed by atoms with Gasteiger partial charge in [0.05, 0.1) is 10.6 Å². The van der Waals surface area contributed by atoms with E-state index >= 15 is 0 Å². The molecular formula is C17H12BrNO5S. The van der Waals surface area contributed by atoms with E-state index in [9.17, 15) is 18.3 Å². The minimum absolute atomic E-state index is 0.0644. The first-order valence-corrected chi connectivity index (χ1v) is 9.33. The molecule has 0 amide bonds. The summed E-state index contributed by atoms with van der Waals surface area (Å²) in [6.07, 6.45) is 0. The van der Waals surface area contributed by atoms with Crippen LogP contribution >= 0.6 is 15.9 Å². The van der Waals surface area contributed by atoms with Gasteiger partial charge in [-0.25, -0.2) is 13.2 Å². The number of hydrogen-bond acceptors (Lipinski definition) is 4. The lowest BCUT2D eigenvalue weighted by atomic mass is 10.1. The predicted molar refractivity (Wildman–Crippen MR) is 97.5 cm³/mol. The maximum Gasteiger partial charge on any atom is 0.339 e. The van der Waals surface area contributed by atoms with Gasteiger partial charge in [0.2, 0.25) is 0 Å². The van der Waals surface area contributed by atoms with Crippen molar-refractivity contribution in [1.82, 2.24) is 0 Å². The quantitative estimate of drug-likeness (QED) is 0.593. The Morgan fingerprint density at radius 3 is 2.32 bits per heavy atom. The summed E-state index contributed by atoms with van der Waals surface area (Å²) < 4.78 is 28.6. The number of carboxylic acid groups (broad SMARTS) is 1. The van der Waals surface area contributed by atoms with Gasteiger partial charge < -0.3 is 10.2 Å². The summed E-state index contributed by atoms with van der Waals surface area (Å²) in [6.45, 7) is 0. The lowest BCUT2D eigenvalue weighted by molar-refractivity contribution is 0.0694. The van der Waals surface area contributed by atoms with Gasteiger partial charge in [-0.2, -0.15) is 0 Å². The van der Waals surface area contributed by atoms with Crippen molar-refractivity contribution in [3.63, 3.8) is 0 Å². The second-order valence-corrected chi connectivity index (χ2v) is 7.74. The molecule has 8 heteroatoms. The van der Waals surface area contributed by atoms with Crippen LogP contribution in [0.2, 0.25) is 0 Å². The average molecular weight is 422 g/mol. The van der Waals surface area contributed by atoms with Crippen molar-refractivity contribution in [3.05, 3.63) is 64.6 Å². The number of aromatic hydroxyl groups is 1. The van der Waals surface area contributed by atoms with Gasteiger partial charge in [0.15, 0.2) is 0 Å². The van der Waals surface area contributed by atoms with E-state index in [4.69, 9.17) is 5.11 Å². The fraction of sp³-hybridized carbons (Fsp3) is 0. The highest BCUT2D eigenvalue weighted by Crippen LogP contribution is 2.31. The van der Waals surface area contributed by atoms with Gasteiger partial charge in [0.1, 0.15) is 11.3 Å². The molecule has 3 aromatic carbocycles. The molecule has 0 atom stereocenters. The van der Waals surface area contributed by atoms with Gasteiger partial charge >= 0.3 is 5.97 Å². The molecule has 0 aliphatic carbocycles. The molecule has 0 saturated carbocycles. The summed E-state index contributed by atoms with van der Waals surface area (Å²) in [5, 5.41) is 19.9. The molecule has 25 heavy (non-hydrogen) atoms. The van der Waals surface area contributed by atoms with E-state index < -0.39 is 21.7 Å². The average Bonchev–Trinajstić information content (AvgIpc) is 2.54. The normalized spacial score (nSPS) is 11.4. The van der Waals surface area contributed by atoms with E-state index in [0.717, 1.165) is 22.0 Å². The summed E-state index contributed by atoms with van der Waals surface area (Å²) in [4.78, 5) is 11.0. The highest BCUT2D eigenvalue weighted by atomic mass is 79.9. The van der Waals surface area contributed by atoms with Gasteiger partial charge in [-0.15, -0.1) is 0 Å². The number of aromatic carboxylic acids is 1. The predicted octanol–water partition coefficient (Wildman–Crippen LogP) is 3.81. The van der Waals surface area contributed by atoms with Crippen LogP contribution in [0.1, 0.15) is 10.4 Å². The van der Waals surface area contributed by atoms with Gasteiger partial charge in [-0.1, -0.05) is 40.2 Å². The number of nitrogens with one attached hydrogen (secondary N) is 1. The summed E-state index contributed by atoms with van der Waals surface area (Å²) in [6, 6.07) is 13.6. The number of hydrogen-bond donors (Lipinski definition) is 3. The summed E-state index contributed by atoms with van der Waals surface area (Å²) in [5.41, 5.74) is -0.244. The number of benzene rings is 3. The first-order chi connectivity index (χ1) is 11.8. The van der Waals surface area contributed by atoms with E-state index in [1.807, 2.05) is 0 Å². The number of halogens is 1. The Morgan fingerprint density at radius 1 is 1.00 bits per heavy atom. The van der Waals surface area contributed by atoms with Crippen LogP contribution in [0.25, 0.3) is 10.8 Å². The van der Waals surface area contributed by atoms with E-state index in [1.54, 1.807) is 30.3 Å². The lowest BCUT2D eigenvalue weighted by Gasteiger charge is -2.12. The van der Waals surface area contributed by atoms with E-state index in [0.29, 0.717) is 5.39 Å². The van der Waals surface area contributed by atoms with Crippen LogP contribution in [-0.2, 0) is 10.0 Å². The molecule has 0 radical (unpaired) electrons. The zero-order chi connectivity index (χ0) is 18.2. The molecule has 0 heterocycles. The number of carbonyl (C=O) groups is 1. The minimum Gasteiger partial charge on any atom is -0.507 e. The molecule has 3 N–H and O–H groups in total. The largest absolute Gasteiger partial charge is 0.507 e. The monoisotopic (exact) mass is 421 g/mol. The Labute approximate surface area is 151 Å². The van der Waals surface area contributed by atoms with Crippen LogP contribution in [0.3, 0.4) is 0 Å². The Kier molecular flexibility index (Phi) is 4.40. The fourth-order valence-corrected chi connectivity index (χ4v) is 4.19. The second-order valence-electron chi connectivity index (χ2n) is 5.23. The van der Waals surface area contributed by atoms with Gasteiger partial charge in [0, 0.05) is 15.9 Å². The van der Waals surface area contributed by atoms with Crippen molar-refractivity contribution in [2.75, 3.05) is 4.72 Å². The molecule has 0 fully saturated rings. The molecule has 0 unspecified atom stereocenters. The van der Waals surface area contributed by atoms with Gasteiger partial charge in [-0.3, -0.25) is 4.72 Å². The Hall–Kier alpha value is -2.58. The number of sulfonamides is 1. The minimum atomic E-state index is -3.94. The second kappa shape index (κ2) is 6.38. The molecule has 0 aromatic heterocycles. The van der Waals surface area contributed by atoms with E-state index in [1.165, 1.54) is 12.1 Å². The number of phenols is 1. The number of anilines is 1. The first-order valence-electron chi connectivity index (χ1n) is 7.06. The molecule has 3 aromatic rings. The van der Waals surface area contributed by atoms with Crippen LogP contribution in [0.5, 0.6) is 5.75 Å². The molecule has 0 spiro atoms. The standard InChI is InChI=1S/C17H12BrNO5S/c18-14-7-8-16(12-4-2-1-3-11(12)14)25(23,24)19-10-5-6-13(17(21)22)15(20)9-10/h1-9,19-20H,(H,21,22). The summed E-state index contributed by atoms with van der Waals surface area (Å²) >= 11 is 3.39. The maximum atomic E-state index is 12.7.